The van der Waals surface area contributed by atoms with Crippen LogP contribution in [0.25, 0.3) is 6.08 Å². The summed E-state index contributed by atoms with van der Waals surface area (Å²) in [5, 5.41) is 0. The third kappa shape index (κ3) is 6.39. The van der Waals surface area contributed by atoms with E-state index in [1.165, 1.54) is 11.1 Å². The highest BCUT2D eigenvalue weighted by molar-refractivity contribution is 5.79. The van der Waals surface area contributed by atoms with Crippen molar-refractivity contribution in [2.24, 2.45) is 5.92 Å². The lowest BCUT2D eigenvalue weighted by atomic mass is 9.94. The molecule has 6 nitrogen and oxygen atoms in total. The maximum absolute atomic E-state index is 13.1. The molecule has 2 aliphatic heterocycles. The summed E-state index contributed by atoms with van der Waals surface area (Å²) >= 11 is 0. The first-order chi connectivity index (χ1) is 16.7. The van der Waals surface area contributed by atoms with Crippen LogP contribution in [0, 0.1) is 5.92 Å². The van der Waals surface area contributed by atoms with Crippen LogP contribution < -0.4 is 9.47 Å². The number of amides is 1. The van der Waals surface area contributed by atoms with E-state index in [2.05, 4.69) is 57.2 Å². The fourth-order valence-corrected chi connectivity index (χ4v) is 4.89. The second-order valence-electron chi connectivity index (χ2n) is 9.18. The minimum absolute atomic E-state index is 0.158. The largest absolute Gasteiger partial charge is 0.493 e. The molecule has 2 saturated heterocycles. The SMILES string of the molecule is COc1ccc(CN2CCC(C(=O)N3CCN(C/C=C/c4ccccc4)CC3)CC2)cc1OC. The number of carbonyl (C=O) groups excluding carboxylic acids is 1. The standard InChI is InChI=1S/C28H37N3O3/c1-33-26-11-10-24(21-27(26)34-2)22-30-15-12-25(13-16-30)28(32)31-19-17-29(18-20-31)14-6-9-23-7-4-3-5-8-23/h3-11,21,25H,12-20,22H2,1-2H3/b9-6+. The quantitative estimate of drug-likeness (QED) is 0.596. The third-order valence-corrected chi connectivity index (χ3v) is 6.95. The maximum atomic E-state index is 13.1. The molecule has 2 aromatic carbocycles. The Bertz CT molecular complexity index is 947. The van der Waals surface area contributed by atoms with Crippen molar-refractivity contribution in [1.29, 1.82) is 0 Å². The number of rotatable bonds is 8. The lowest BCUT2D eigenvalue weighted by Gasteiger charge is -2.38. The van der Waals surface area contributed by atoms with Crippen molar-refractivity contribution in [3.05, 3.63) is 65.7 Å². The van der Waals surface area contributed by atoms with Gasteiger partial charge in [0, 0.05) is 45.2 Å². The number of hydrogen-bond donors (Lipinski definition) is 0. The Kier molecular flexibility index (Phi) is 8.61. The first kappa shape index (κ1) is 24.3. The molecule has 0 atom stereocenters. The van der Waals surface area contributed by atoms with Crippen LogP contribution in [0.1, 0.15) is 24.0 Å². The van der Waals surface area contributed by atoms with Gasteiger partial charge in [-0.15, -0.1) is 0 Å². The van der Waals surface area contributed by atoms with Gasteiger partial charge >= 0.3 is 0 Å². The molecule has 182 valence electrons. The minimum atomic E-state index is 0.158. The molecule has 2 aliphatic rings. The number of likely N-dealkylation sites (tertiary alicyclic amines) is 1. The molecule has 6 heteroatoms. The summed E-state index contributed by atoms with van der Waals surface area (Å²) in [4.78, 5) is 20.1. The number of piperazine rings is 1. The van der Waals surface area contributed by atoms with Crippen molar-refractivity contribution in [2.75, 3.05) is 60.0 Å². The first-order valence-electron chi connectivity index (χ1n) is 12.3. The average Bonchev–Trinajstić information content (AvgIpc) is 2.89. The number of piperidine rings is 1. The van der Waals surface area contributed by atoms with E-state index in [1.54, 1.807) is 14.2 Å². The zero-order chi connectivity index (χ0) is 23.8. The van der Waals surface area contributed by atoms with Crippen molar-refractivity contribution >= 4 is 12.0 Å². The monoisotopic (exact) mass is 463 g/mol. The van der Waals surface area contributed by atoms with Crippen LogP contribution in [0.2, 0.25) is 0 Å². The Morgan fingerprint density at radius 1 is 0.882 bits per heavy atom. The number of nitrogens with zero attached hydrogens (tertiary/aromatic N) is 3. The van der Waals surface area contributed by atoms with Gasteiger partial charge in [-0.25, -0.2) is 0 Å². The Hall–Kier alpha value is -2.83. The summed E-state index contributed by atoms with van der Waals surface area (Å²) in [6.07, 6.45) is 6.27. The van der Waals surface area contributed by atoms with Crippen LogP contribution in [-0.2, 0) is 11.3 Å². The van der Waals surface area contributed by atoms with Gasteiger partial charge < -0.3 is 14.4 Å². The van der Waals surface area contributed by atoms with Gasteiger partial charge in [-0.3, -0.25) is 14.6 Å². The Balaban J connectivity index is 1.19. The molecule has 0 spiro atoms. The predicted octanol–water partition coefficient (Wildman–Crippen LogP) is 3.77. The molecule has 0 radical (unpaired) electrons. The maximum Gasteiger partial charge on any atom is 0.225 e. The molecule has 0 saturated carbocycles. The van der Waals surface area contributed by atoms with Crippen LogP contribution in [0.3, 0.4) is 0 Å². The zero-order valence-electron chi connectivity index (χ0n) is 20.5. The molecule has 0 aliphatic carbocycles. The molecule has 0 unspecified atom stereocenters. The van der Waals surface area contributed by atoms with Gasteiger partial charge in [0.1, 0.15) is 0 Å². The van der Waals surface area contributed by atoms with E-state index in [1.807, 2.05) is 18.2 Å². The van der Waals surface area contributed by atoms with E-state index in [0.717, 1.165) is 76.7 Å². The number of carbonyl (C=O) groups is 1. The topological polar surface area (TPSA) is 45.2 Å². The second-order valence-corrected chi connectivity index (χ2v) is 9.18. The third-order valence-electron chi connectivity index (χ3n) is 6.95. The van der Waals surface area contributed by atoms with E-state index in [9.17, 15) is 4.79 Å². The van der Waals surface area contributed by atoms with Crippen molar-refractivity contribution in [3.8, 4) is 11.5 Å². The Labute approximate surface area is 203 Å². The Morgan fingerprint density at radius 2 is 1.59 bits per heavy atom. The molecule has 4 rings (SSSR count). The normalized spacial score (nSPS) is 18.4. The molecular weight excluding hydrogens is 426 g/mol. The van der Waals surface area contributed by atoms with Gasteiger partial charge in [-0.2, -0.15) is 0 Å². The summed E-state index contributed by atoms with van der Waals surface area (Å²) in [7, 11) is 3.32. The molecule has 2 aromatic rings. The van der Waals surface area contributed by atoms with E-state index < -0.39 is 0 Å². The van der Waals surface area contributed by atoms with E-state index >= 15 is 0 Å². The minimum Gasteiger partial charge on any atom is -0.493 e. The van der Waals surface area contributed by atoms with Crippen LogP contribution in [0.5, 0.6) is 11.5 Å². The first-order valence-corrected chi connectivity index (χ1v) is 12.3. The number of benzene rings is 2. The fraction of sp³-hybridized carbons (Fsp3) is 0.464. The van der Waals surface area contributed by atoms with Gasteiger partial charge in [0.25, 0.3) is 0 Å². The highest BCUT2D eigenvalue weighted by Crippen LogP contribution is 2.29. The van der Waals surface area contributed by atoms with Gasteiger partial charge in [0.2, 0.25) is 5.91 Å². The summed E-state index contributed by atoms with van der Waals surface area (Å²) in [5.41, 5.74) is 2.44. The second kappa shape index (κ2) is 12.0. The van der Waals surface area contributed by atoms with E-state index in [0.29, 0.717) is 5.91 Å². The molecule has 1 amide bonds. The number of hydrogen-bond acceptors (Lipinski definition) is 5. The average molecular weight is 464 g/mol. The summed E-state index contributed by atoms with van der Waals surface area (Å²) in [6.45, 7) is 7.28. The molecule has 0 bridgehead atoms. The van der Waals surface area contributed by atoms with E-state index in [4.69, 9.17) is 9.47 Å². The molecule has 0 aromatic heterocycles. The lowest BCUT2D eigenvalue weighted by molar-refractivity contribution is -0.138. The van der Waals surface area contributed by atoms with Crippen LogP contribution in [0.4, 0.5) is 0 Å². The number of ether oxygens (including phenoxy) is 2. The zero-order valence-corrected chi connectivity index (χ0v) is 20.5. The van der Waals surface area contributed by atoms with Gasteiger partial charge in [-0.05, 0) is 49.2 Å². The predicted molar refractivity (Wildman–Crippen MR) is 136 cm³/mol. The van der Waals surface area contributed by atoms with Crippen molar-refractivity contribution in [3.63, 3.8) is 0 Å². The van der Waals surface area contributed by atoms with Crippen LogP contribution >= 0.6 is 0 Å². The summed E-state index contributed by atoms with van der Waals surface area (Å²) < 4.78 is 10.8. The van der Waals surface area contributed by atoms with Crippen molar-refractivity contribution in [2.45, 2.75) is 19.4 Å². The molecule has 0 N–H and O–H groups in total. The van der Waals surface area contributed by atoms with Crippen LogP contribution in [-0.4, -0.2) is 80.6 Å². The fourth-order valence-electron chi connectivity index (χ4n) is 4.89. The summed E-state index contributed by atoms with van der Waals surface area (Å²) in [5.74, 6) is 2.03. The summed E-state index contributed by atoms with van der Waals surface area (Å²) in [6, 6.07) is 16.5. The molecule has 2 fully saturated rings. The highest BCUT2D eigenvalue weighted by atomic mass is 16.5. The van der Waals surface area contributed by atoms with Crippen molar-refractivity contribution < 1.29 is 14.3 Å². The molecular formula is C28H37N3O3. The molecule has 2 heterocycles. The van der Waals surface area contributed by atoms with Gasteiger partial charge in [-0.1, -0.05) is 48.6 Å². The van der Waals surface area contributed by atoms with Crippen molar-refractivity contribution in [1.82, 2.24) is 14.7 Å². The van der Waals surface area contributed by atoms with Crippen LogP contribution in [0.15, 0.2) is 54.6 Å². The molecule has 34 heavy (non-hydrogen) atoms. The Morgan fingerprint density at radius 3 is 2.26 bits per heavy atom. The number of methoxy groups -OCH3 is 2. The van der Waals surface area contributed by atoms with E-state index in [-0.39, 0.29) is 5.92 Å². The van der Waals surface area contributed by atoms with Gasteiger partial charge in [0.15, 0.2) is 11.5 Å². The highest BCUT2D eigenvalue weighted by Gasteiger charge is 2.30. The lowest BCUT2D eigenvalue weighted by Crippen LogP contribution is -2.51. The smallest absolute Gasteiger partial charge is 0.225 e. The van der Waals surface area contributed by atoms with Gasteiger partial charge in [0.05, 0.1) is 14.2 Å².